The van der Waals surface area contributed by atoms with Gasteiger partial charge in [0.25, 0.3) is 0 Å². The van der Waals surface area contributed by atoms with Crippen molar-refractivity contribution < 1.29 is 5.11 Å². The lowest BCUT2D eigenvalue weighted by Crippen LogP contribution is -2.30. The van der Waals surface area contributed by atoms with Crippen LogP contribution in [0.25, 0.3) is 0 Å². The van der Waals surface area contributed by atoms with Gasteiger partial charge in [0.2, 0.25) is 0 Å². The smallest absolute Gasteiger partial charge is 0.140 e. The Morgan fingerprint density at radius 1 is 1.47 bits per heavy atom. The van der Waals surface area contributed by atoms with Gasteiger partial charge in [0.1, 0.15) is 12.2 Å². The molecule has 1 atom stereocenters. The molecule has 1 unspecified atom stereocenters. The lowest BCUT2D eigenvalue weighted by molar-refractivity contribution is 0.261. The molecule has 0 aliphatic rings. The van der Waals surface area contributed by atoms with E-state index in [9.17, 15) is 0 Å². The standard InChI is InChI=1S/C12H24N4O/c1-4-11(5-6-17)13-7-12-14-9-15-16(12)8-10(2)3/h9-11,13,17H,4-8H2,1-3H3. The molecule has 1 aromatic rings. The quantitative estimate of drug-likeness (QED) is 0.716. The van der Waals surface area contributed by atoms with Gasteiger partial charge in [-0.3, -0.25) is 0 Å². The normalized spacial score (nSPS) is 13.2. The number of nitrogens with one attached hydrogen (secondary N) is 1. The summed E-state index contributed by atoms with van der Waals surface area (Å²) in [6.45, 7) is 8.29. The summed E-state index contributed by atoms with van der Waals surface area (Å²) in [4.78, 5) is 4.26. The predicted molar refractivity (Wildman–Crippen MR) is 67.5 cm³/mol. The Labute approximate surface area is 103 Å². The van der Waals surface area contributed by atoms with E-state index < -0.39 is 0 Å². The van der Waals surface area contributed by atoms with Crippen molar-refractivity contribution in [2.45, 2.75) is 52.7 Å². The first-order valence-electron chi connectivity index (χ1n) is 6.38. The molecule has 98 valence electrons. The highest BCUT2D eigenvalue weighted by Crippen LogP contribution is 2.03. The lowest BCUT2D eigenvalue weighted by atomic mass is 10.1. The minimum Gasteiger partial charge on any atom is -0.396 e. The zero-order valence-electron chi connectivity index (χ0n) is 11.1. The highest BCUT2D eigenvalue weighted by Gasteiger charge is 2.09. The van der Waals surface area contributed by atoms with E-state index in [1.165, 1.54) is 0 Å². The summed E-state index contributed by atoms with van der Waals surface area (Å²) in [6.07, 6.45) is 3.40. The molecule has 0 amide bonds. The summed E-state index contributed by atoms with van der Waals surface area (Å²) in [7, 11) is 0. The van der Waals surface area contributed by atoms with Gasteiger partial charge in [-0.25, -0.2) is 9.67 Å². The Balaban J connectivity index is 2.47. The third-order valence-electron chi connectivity index (χ3n) is 2.75. The molecule has 17 heavy (non-hydrogen) atoms. The fraction of sp³-hybridized carbons (Fsp3) is 0.833. The van der Waals surface area contributed by atoms with E-state index in [1.54, 1.807) is 6.33 Å². The van der Waals surface area contributed by atoms with Crippen molar-refractivity contribution in [3.05, 3.63) is 12.2 Å². The summed E-state index contributed by atoms with van der Waals surface area (Å²) in [5, 5.41) is 16.6. The van der Waals surface area contributed by atoms with Crippen LogP contribution in [0, 0.1) is 5.92 Å². The third-order valence-corrected chi connectivity index (χ3v) is 2.75. The van der Waals surface area contributed by atoms with Crippen LogP contribution in [0.3, 0.4) is 0 Å². The van der Waals surface area contributed by atoms with Crippen LogP contribution >= 0.6 is 0 Å². The van der Waals surface area contributed by atoms with E-state index in [1.807, 2.05) is 4.68 Å². The molecule has 1 rings (SSSR count). The van der Waals surface area contributed by atoms with Crippen LogP contribution in [0.15, 0.2) is 6.33 Å². The van der Waals surface area contributed by atoms with Crippen LogP contribution in [0.2, 0.25) is 0 Å². The second kappa shape index (κ2) is 7.40. The van der Waals surface area contributed by atoms with Crippen LogP contribution in [0.1, 0.15) is 39.4 Å². The molecule has 0 fully saturated rings. The van der Waals surface area contributed by atoms with Crippen molar-refractivity contribution in [2.24, 2.45) is 5.92 Å². The van der Waals surface area contributed by atoms with Gasteiger partial charge in [0, 0.05) is 19.2 Å². The van der Waals surface area contributed by atoms with E-state index in [-0.39, 0.29) is 6.61 Å². The van der Waals surface area contributed by atoms with Crippen LogP contribution in [-0.2, 0) is 13.1 Å². The first kappa shape index (κ1) is 14.1. The van der Waals surface area contributed by atoms with E-state index >= 15 is 0 Å². The minimum atomic E-state index is 0.226. The molecule has 2 N–H and O–H groups in total. The maximum atomic E-state index is 8.93. The fourth-order valence-electron chi connectivity index (χ4n) is 1.77. The van der Waals surface area contributed by atoms with Crippen molar-refractivity contribution in [2.75, 3.05) is 6.61 Å². The van der Waals surface area contributed by atoms with Crippen molar-refractivity contribution in [1.29, 1.82) is 0 Å². The van der Waals surface area contributed by atoms with Gasteiger partial charge in [-0.15, -0.1) is 0 Å². The second-order valence-electron chi connectivity index (χ2n) is 4.75. The molecule has 1 heterocycles. The topological polar surface area (TPSA) is 63.0 Å². The van der Waals surface area contributed by atoms with Gasteiger partial charge >= 0.3 is 0 Å². The van der Waals surface area contributed by atoms with Crippen LogP contribution in [0.4, 0.5) is 0 Å². The van der Waals surface area contributed by atoms with Crippen LogP contribution in [-0.4, -0.2) is 32.5 Å². The molecule has 0 aliphatic carbocycles. The zero-order chi connectivity index (χ0) is 12.7. The molecule has 5 heteroatoms. The van der Waals surface area contributed by atoms with Gasteiger partial charge < -0.3 is 10.4 Å². The highest BCUT2D eigenvalue weighted by molar-refractivity contribution is 4.85. The zero-order valence-corrected chi connectivity index (χ0v) is 11.1. The Kier molecular flexibility index (Phi) is 6.15. The maximum absolute atomic E-state index is 8.93. The van der Waals surface area contributed by atoms with E-state index in [0.29, 0.717) is 18.5 Å². The number of rotatable bonds is 8. The summed E-state index contributed by atoms with van der Waals surface area (Å²) < 4.78 is 1.95. The molecule has 5 nitrogen and oxygen atoms in total. The average molecular weight is 240 g/mol. The van der Waals surface area contributed by atoms with E-state index in [4.69, 9.17) is 5.11 Å². The Morgan fingerprint density at radius 2 is 2.24 bits per heavy atom. The number of nitrogens with zero attached hydrogens (tertiary/aromatic N) is 3. The maximum Gasteiger partial charge on any atom is 0.140 e. The molecule has 0 saturated heterocycles. The van der Waals surface area contributed by atoms with Gasteiger partial charge in [-0.05, 0) is 18.8 Å². The first-order valence-corrected chi connectivity index (χ1v) is 6.38. The SMILES string of the molecule is CCC(CCO)NCc1ncnn1CC(C)C. The number of aromatic nitrogens is 3. The monoisotopic (exact) mass is 240 g/mol. The largest absolute Gasteiger partial charge is 0.396 e. The van der Waals surface area contributed by atoms with Gasteiger partial charge in [0.15, 0.2) is 0 Å². The summed E-state index contributed by atoms with van der Waals surface area (Å²) in [5.41, 5.74) is 0. The number of aliphatic hydroxyl groups is 1. The van der Waals surface area contributed by atoms with Crippen molar-refractivity contribution in [3.8, 4) is 0 Å². The Hall–Kier alpha value is -0.940. The first-order chi connectivity index (χ1) is 8.17. The fourth-order valence-corrected chi connectivity index (χ4v) is 1.77. The molecule has 0 aliphatic heterocycles. The number of aliphatic hydroxyl groups excluding tert-OH is 1. The number of hydrogen-bond donors (Lipinski definition) is 2. The van der Waals surface area contributed by atoms with E-state index in [2.05, 4.69) is 36.2 Å². The molecule has 0 radical (unpaired) electrons. The lowest BCUT2D eigenvalue weighted by Gasteiger charge is -2.16. The third kappa shape index (κ3) is 4.83. The Morgan fingerprint density at radius 3 is 2.82 bits per heavy atom. The minimum absolute atomic E-state index is 0.226. The Bertz CT molecular complexity index is 311. The van der Waals surface area contributed by atoms with Gasteiger partial charge in [-0.1, -0.05) is 20.8 Å². The second-order valence-corrected chi connectivity index (χ2v) is 4.75. The van der Waals surface area contributed by atoms with E-state index in [0.717, 1.165) is 25.2 Å². The number of hydrogen-bond acceptors (Lipinski definition) is 4. The summed E-state index contributed by atoms with van der Waals surface area (Å²) in [6, 6.07) is 0.351. The highest BCUT2D eigenvalue weighted by atomic mass is 16.3. The van der Waals surface area contributed by atoms with Gasteiger partial charge in [-0.2, -0.15) is 5.10 Å². The molecular formula is C12H24N4O. The molecule has 0 bridgehead atoms. The van der Waals surface area contributed by atoms with Crippen molar-refractivity contribution in [3.63, 3.8) is 0 Å². The predicted octanol–water partition coefficient (Wildman–Crippen LogP) is 1.18. The molecular weight excluding hydrogens is 216 g/mol. The summed E-state index contributed by atoms with van der Waals surface area (Å²) >= 11 is 0. The summed E-state index contributed by atoms with van der Waals surface area (Å²) in [5.74, 6) is 1.53. The molecule has 0 saturated carbocycles. The van der Waals surface area contributed by atoms with Crippen LogP contribution < -0.4 is 5.32 Å². The van der Waals surface area contributed by atoms with Crippen molar-refractivity contribution in [1.82, 2.24) is 20.1 Å². The van der Waals surface area contributed by atoms with Crippen LogP contribution in [0.5, 0.6) is 0 Å². The van der Waals surface area contributed by atoms with Crippen molar-refractivity contribution >= 4 is 0 Å². The molecule has 1 aromatic heterocycles. The molecule has 0 spiro atoms. The van der Waals surface area contributed by atoms with Gasteiger partial charge in [0.05, 0.1) is 6.54 Å². The average Bonchev–Trinajstić information content (AvgIpc) is 2.71. The molecule has 0 aromatic carbocycles.